The van der Waals surface area contributed by atoms with Crippen molar-refractivity contribution in [3.05, 3.63) is 172 Å². The fourth-order valence-electron chi connectivity index (χ4n) is 11.3. The molecule has 4 aliphatic rings. The van der Waals surface area contributed by atoms with Crippen LogP contribution in [0, 0.1) is 0 Å². The molecule has 0 bridgehead atoms. The maximum atomic E-state index is 5.16. The third-order valence-electron chi connectivity index (χ3n) is 14.4. The molecular formula is C52H45N5. The Kier molecular flexibility index (Phi) is 6.02. The van der Waals surface area contributed by atoms with Gasteiger partial charge in [0.15, 0.2) is 0 Å². The van der Waals surface area contributed by atoms with Crippen LogP contribution in [0.3, 0.4) is 0 Å². The van der Waals surface area contributed by atoms with Gasteiger partial charge in [0.05, 0.1) is 33.8 Å². The van der Waals surface area contributed by atoms with Crippen molar-refractivity contribution in [1.82, 2.24) is 14.5 Å². The molecule has 278 valence electrons. The van der Waals surface area contributed by atoms with E-state index in [1.54, 1.807) is 0 Å². The van der Waals surface area contributed by atoms with Gasteiger partial charge in [0.2, 0.25) is 0 Å². The zero-order valence-electron chi connectivity index (χ0n) is 33.9. The molecule has 0 radical (unpaired) electrons. The summed E-state index contributed by atoms with van der Waals surface area (Å²) in [6.07, 6.45) is 3.89. The maximum Gasteiger partial charge on any atom is 0.141 e. The van der Waals surface area contributed by atoms with Gasteiger partial charge in [-0.2, -0.15) is 0 Å². The SMILES string of the molecule is CC1(C)c2ccccc2N(c2ccc3c4cccc5c4n(c3c2)-c2ncccc2C5(C)C)c2cc3c(cc21)C(C)(C)c1cccc2c1N3c1ncccc1C2(C)C. The zero-order chi connectivity index (χ0) is 39.0. The summed E-state index contributed by atoms with van der Waals surface area (Å²) < 4.78 is 2.43. The Morgan fingerprint density at radius 2 is 0.965 bits per heavy atom. The van der Waals surface area contributed by atoms with Crippen LogP contribution in [0.15, 0.2) is 128 Å². The second-order valence-corrected chi connectivity index (χ2v) is 18.8. The molecule has 0 amide bonds. The molecule has 5 aromatic carbocycles. The van der Waals surface area contributed by atoms with Crippen molar-refractivity contribution in [2.45, 2.75) is 77.0 Å². The van der Waals surface area contributed by atoms with Crippen LogP contribution in [0.1, 0.15) is 99.9 Å². The van der Waals surface area contributed by atoms with Gasteiger partial charge >= 0.3 is 0 Å². The van der Waals surface area contributed by atoms with Gasteiger partial charge in [0, 0.05) is 61.6 Å². The molecule has 0 N–H and O–H groups in total. The Morgan fingerprint density at radius 1 is 0.404 bits per heavy atom. The highest BCUT2D eigenvalue weighted by Crippen LogP contribution is 2.62. The molecule has 4 aliphatic heterocycles. The van der Waals surface area contributed by atoms with Crippen LogP contribution in [0.5, 0.6) is 0 Å². The maximum absolute atomic E-state index is 5.16. The van der Waals surface area contributed by atoms with Crippen LogP contribution in [0.4, 0.5) is 34.3 Å². The number of rotatable bonds is 1. The molecule has 8 aromatic rings. The van der Waals surface area contributed by atoms with Gasteiger partial charge in [-0.3, -0.25) is 9.47 Å². The highest BCUT2D eigenvalue weighted by atomic mass is 15.2. The smallest absolute Gasteiger partial charge is 0.141 e. The summed E-state index contributed by atoms with van der Waals surface area (Å²) in [7, 11) is 0. The number of hydrogen-bond donors (Lipinski definition) is 0. The van der Waals surface area contributed by atoms with E-state index in [-0.39, 0.29) is 21.7 Å². The first kappa shape index (κ1) is 33.0. The number of aromatic nitrogens is 3. The highest BCUT2D eigenvalue weighted by Gasteiger charge is 2.48. The summed E-state index contributed by atoms with van der Waals surface area (Å²) in [4.78, 5) is 15.2. The summed E-state index contributed by atoms with van der Waals surface area (Å²) in [6.45, 7) is 19.0. The zero-order valence-corrected chi connectivity index (χ0v) is 33.9. The van der Waals surface area contributed by atoms with E-state index in [1.165, 1.54) is 89.1 Å². The topological polar surface area (TPSA) is 37.2 Å². The second kappa shape index (κ2) is 10.4. The number of fused-ring (bicyclic) bond motifs is 11. The number of pyridine rings is 2. The molecule has 57 heavy (non-hydrogen) atoms. The van der Waals surface area contributed by atoms with Crippen LogP contribution < -0.4 is 9.80 Å². The quantitative estimate of drug-likeness (QED) is 0.168. The first-order valence-corrected chi connectivity index (χ1v) is 20.3. The summed E-state index contributed by atoms with van der Waals surface area (Å²) in [5.41, 5.74) is 18.1. The summed E-state index contributed by atoms with van der Waals surface area (Å²) in [5.74, 6) is 2.04. The Hall–Kier alpha value is -6.20. The molecule has 0 unspecified atom stereocenters. The average molecular weight is 740 g/mol. The van der Waals surface area contributed by atoms with Crippen molar-refractivity contribution < 1.29 is 0 Å². The van der Waals surface area contributed by atoms with Crippen LogP contribution in [0.25, 0.3) is 27.6 Å². The van der Waals surface area contributed by atoms with Crippen molar-refractivity contribution in [2.24, 2.45) is 0 Å². The second-order valence-electron chi connectivity index (χ2n) is 18.8. The minimum absolute atomic E-state index is 0.171. The lowest BCUT2D eigenvalue weighted by Gasteiger charge is -2.50. The number of anilines is 6. The average Bonchev–Trinajstić information content (AvgIpc) is 3.54. The Morgan fingerprint density at radius 3 is 1.72 bits per heavy atom. The van der Waals surface area contributed by atoms with Crippen molar-refractivity contribution in [3.8, 4) is 5.82 Å². The molecule has 0 saturated heterocycles. The van der Waals surface area contributed by atoms with Crippen LogP contribution in [-0.2, 0) is 21.7 Å². The summed E-state index contributed by atoms with van der Waals surface area (Å²) >= 11 is 0. The van der Waals surface area contributed by atoms with Crippen molar-refractivity contribution in [3.63, 3.8) is 0 Å². The van der Waals surface area contributed by atoms with Crippen molar-refractivity contribution >= 4 is 56.1 Å². The van der Waals surface area contributed by atoms with E-state index in [2.05, 4.69) is 185 Å². The van der Waals surface area contributed by atoms with E-state index in [0.717, 1.165) is 17.3 Å². The highest BCUT2D eigenvalue weighted by molar-refractivity contribution is 6.12. The number of para-hydroxylation sites is 3. The fraction of sp³-hybridized carbons (Fsp3) is 0.231. The number of nitrogens with zero attached hydrogens (tertiary/aromatic N) is 5. The third-order valence-corrected chi connectivity index (χ3v) is 14.4. The van der Waals surface area contributed by atoms with Crippen molar-refractivity contribution in [2.75, 3.05) is 9.80 Å². The van der Waals surface area contributed by atoms with Gasteiger partial charge < -0.3 is 4.90 Å². The molecule has 0 aliphatic carbocycles. The van der Waals surface area contributed by atoms with Crippen molar-refractivity contribution in [1.29, 1.82) is 0 Å². The molecule has 0 spiro atoms. The molecule has 0 atom stereocenters. The van der Waals surface area contributed by atoms with Gasteiger partial charge in [-0.25, -0.2) is 9.97 Å². The minimum Gasteiger partial charge on any atom is -0.310 e. The van der Waals surface area contributed by atoms with Gasteiger partial charge in [-0.15, -0.1) is 0 Å². The predicted octanol–water partition coefficient (Wildman–Crippen LogP) is 13.1. The molecule has 3 aromatic heterocycles. The molecule has 7 heterocycles. The molecule has 5 heteroatoms. The number of hydrogen-bond acceptors (Lipinski definition) is 4. The first-order valence-electron chi connectivity index (χ1n) is 20.3. The van der Waals surface area contributed by atoms with E-state index in [4.69, 9.17) is 9.97 Å². The third kappa shape index (κ3) is 3.86. The van der Waals surface area contributed by atoms with Gasteiger partial charge in [0.1, 0.15) is 11.6 Å². The largest absolute Gasteiger partial charge is 0.310 e. The summed E-state index contributed by atoms with van der Waals surface area (Å²) in [5, 5.41) is 2.51. The molecular weight excluding hydrogens is 695 g/mol. The van der Waals surface area contributed by atoms with E-state index < -0.39 is 0 Å². The summed E-state index contributed by atoms with van der Waals surface area (Å²) in [6, 6.07) is 43.5. The molecule has 5 nitrogen and oxygen atoms in total. The van der Waals surface area contributed by atoms with E-state index >= 15 is 0 Å². The Labute approximate surface area is 334 Å². The lowest BCUT2D eigenvalue weighted by molar-refractivity contribution is 0.587. The predicted molar refractivity (Wildman–Crippen MR) is 234 cm³/mol. The normalized spacial score (nSPS) is 18.0. The van der Waals surface area contributed by atoms with E-state index in [0.29, 0.717) is 0 Å². The minimum atomic E-state index is -0.251. The first-order chi connectivity index (χ1) is 27.3. The molecule has 0 saturated carbocycles. The molecule has 12 rings (SSSR count). The number of benzene rings is 5. The van der Waals surface area contributed by atoms with Crippen LogP contribution in [0.2, 0.25) is 0 Å². The van der Waals surface area contributed by atoms with Gasteiger partial charge in [-0.1, -0.05) is 128 Å². The Balaban J connectivity index is 1.16. The lowest BCUT2D eigenvalue weighted by atomic mass is 9.65. The fourth-order valence-corrected chi connectivity index (χ4v) is 11.3. The van der Waals surface area contributed by atoms with Gasteiger partial charge in [-0.05, 0) is 75.8 Å². The van der Waals surface area contributed by atoms with Crippen LogP contribution in [-0.4, -0.2) is 14.5 Å². The lowest BCUT2D eigenvalue weighted by Crippen LogP contribution is -2.39. The standard InChI is InChI=1S/C52H45N5/c1-49(2)33-16-9-10-22-41(33)55(30-23-24-31-32-15-11-17-34-45(32)56(42(31)27-30)47-37(50(34,3)4)20-13-25-53-47)43-29-44-40(28-39(43)49)52(7,8)36-19-12-18-35-46(36)57(44)48-38(51(35,5)6)21-14-26-54-48/h9-29H,1-8H3. The Bertz CT molecular complexity index is 3100. The monoisotopic (exact) mass is 739 g/mol. The molecule has 0 fully saturated rings. The van der Waals surface area contributed by atoms with Crippen LogP contribution >= 0.6 is 0 Å². The van der Waals surface area contributed by atoms with Gasteiger partial charge in [0.25, 0.3) is 0 Å². The van der Waals surface area contributed by atoms with E-state index in [1.807, 2.05) is 12.4 Å². The van der Waals surface area contributed by atoms with E-state index in [9.17, 15) is 0 Å².